The Kier molecular flexibility index (Phi) is 11.0. The zero-order valence-electron chi connectivity index (χ0n) is 23.7. The Morgan fingerprint density at radius 1 is 0.857 bits per heavy atom. The second-order valence-electron chi connectivity index (χ2n) is 8.22. The van der Waals surface area contributed by atoms with Crippen molar-refractivity contribution in [1.29, 1.82) is 0 Å². The van der Waals surface area contributed by atoms with Gasteiger partial charge in [-0.2, -0.15) is 5.10 Å². The van der Waals surface area contributed by atoms with Crippen LogP contribution in [0.1, 0.15) is 12.5 Å². The molecule has 224 valence electrons. The van der Waals surface area contributed by atoms with Crippen molar-refractivity contribution < 1.29 is 46.4 Å². The van der Waals surface area contributed by atoms with Gasteiger partial charge in [-0.05, 0) is 67.1 Å². The van der Waals surface area contributed by atoms with Crippen molar-refractivity contribution in [2.75, 3.05) is 45.9 Å². The summed E-state index contributed by atoms with van der Waals surface area (Å²) in [5.41, 5.74) is 3.04. The van der Waals surface area contributed by atoms with Crippen LogP contribution in [0.15, 0.2) is 70.7 Å². The highest BCUT2D eigenvalue weighted by molar-refractivity contribution is 7.92. The van der Waals surface area contributed by atoms with Gasteiger partial charge in [-0.15, -0.1) is 0 Å². The van der Waals surface area contributed by atoms with Gasteiger partial charge in [0.1, 0.15) is 12.3 Å². The first-order chi connectivity index (χ1) is 20.2. The van der Waals surface area contributed by atoms with Gasteiger partial charge < -0.3 is 28.4 Å². The SMILES string of the molecule is CCOc1ccc(N(CC(=O)N/N=C\c2ccc(OC(=O)OC)c(OC)c2)S(=O)(=O)c2ccc(OC)c(OC)c2)cc1. The van der Waals surface area contributed by atoms with Crippen LogP contribution in [0.4, 0.5) is 10.5 Å². The number of nitrogens with one attached hydrogen (secondary N) is 1. The number of hydrogen-bond donors (Lipinski definition) is 1. The molecule has 0 heterocycles. The van der Waals surface area contributed by atoms with E-state index in [1.807, 2.05) is 6.92 Å². The third kappa shape index (κ3) is 7.81. The van der Waals surface area contributed by atoms with Crippen LogP contribution in [0.25, 0.3) is 0 Å². The molecular weight excluding hydrogens is 570 g/mol. The zero-order valence-corrected chi connectivity index (χ0v) is 24.5. The number of nitrogens with zero attached hydrogens (tertiary/aromatic N) is 2. The van der Waals surface area contributed by atoms with Gasteiger partial charge in [0, 0.05) is 6.07 Å². The molecule has 42 heavy (non-hydrogen) atoms. The average Bonchev–Trinajstić information content (AvgIpc) is 3.00. The van der Waals surface area contributed by atoms with E-state index in [9.17, 15) is 18.0 Å². The Morgan fingerprint density at radius 2 is 1.50 bits per heavy atom. The molecule has 1 amide bonds. The zero-order chi connectivity index (χ0) is 30.7. The lowest BCUT2D eigenvalue weighted by Crippen LogP contribution is -2.39. The molecule has 1 N–H and O–H groups in total. The minimum atomic E-state index is -4.26. The molecule has 0 aliphatic rings. The first-order valence-corrected chi connectivity index (χ1v) is 13.8. The molecule has 0 radical (unpaired) electrons. The Hall–Kier alpha value is -4.98. The Labute approximate surface area is 243 Å². The van der Waals surface area contributed by atoms with Crippen molar-refractivity contribution in [2.24, 2.45) is 5.10 Å². The van der Waals surface area contributed by atoms with Crippen LogP contribution in [0, 0.1) is 0 Å². The Morgan fingerprint density at radius 3 is 2.12 bits per heavy atom. The second-order valence-corrected chi connectivity index (χ2v) is 10.1. The lowest BCUT2D eigenvalue weighted by molar-refractivity contribution is -0.119. The smallest absolute Gasteiger partial charge is 0.494 e. The van der Waals surface area contributed by atoms with Crippen LogP contribution >= 0.6 is 0 Å². The molecule has 0 saturated carbocycles. The summed E-state index contributed by atoms with van der Waals surface area (Å²) in [5.74, 6) is 0.713. The first kappa shape index (κ1) is 31.5. The number of benzene rings is 3. The molecule has 0 aliphatic heterocycles. The minimum Gasteiger partial charge on any atom is -0.494 e. The van der Waals surface area contributed by atoms with Crippen LogP contribution in [-0.2, 0) is 19.6 Å². The fourth-order valence-electron chi connectivity index (χ4n) is 3.62. The summed E-state index contributed by atoms with van der Waals surface area (Å²) < 4.78 is 59.1. The third-order valence-electron chi connectivity index (χ3n) is 5.62. The quantitative estimate of drug-likeness (QED) is 0.133. The standard InChI is InChI=1S/C28H31N3O10S/c1-6-40-21-10-8-20(9-11-21)31(42(34,35)22-12-14-23(36-2)26(16-22)38-4)18-27(32)30-29-17-19-7-13-24(25(15-19)37-3)41-28(33)39-5/h7-17H,6,18H2,1-5H3,(H,30,32)/b29-17-. The van der Waals surface area contributed by atoms with Crippen LogP contribution in [-0.4, -0.2) is 68.3 Å². The van der Waals surface area contributed by atoms with Crippen LogP contribution in [0.3, 0.4) is 0 Å². The number of amides is 1. The predicted molar refractivity (Wildman–Crippen MR) is 153 cm³/mol. The number of sulfonamides is 1. The van der Waals surface area contributed by atoms with Crippen LogP contribution < -0.4 is 33.4 Å². The summed E-state index contributed by atoms with van der Waals surface area (Å²) in [6.45, 7) is 1.66. The highest BCUT2D eigenvalue weighted by atomic mass is 32.2. The lowest BCUT2D eigenvalue weighted by Gasteiger charge is -2.24. The van der Waals surface area contributed by atoms with Crippen LogP contribution in [0.2, 0.25) is 0 Å². The number of carbonyl (C=O) groups excluding carboxylic acids is 2. The molecule has 0 fully saturated rings. The molecule has 3 aromatic carbocycles. The largest absolute Gasteiger partial charge is 0.513 e. The number of hydrazone groups is 1. The topological polar surface area (TPSA) is 151 Å². The summed E-state index contributed by atoms with van der Waals surface area (Å²) in [5, 5.41) is 3.92. The van der Waals surface area contributed by atoms with E-state index in [4.69, 9.17) is 23.7 Å². The molecule has 0 saturated heterocycles. The first-order valence-electron chi connectivity index (χ1n) is 12.4. The monoisotopic (exact) mass is 601 g/mol. The molecule has 0 unspecified atom stereocenters. The van der Waals surface area contributed by atoms with Gasteiger partial charge in [-0.3, -0.25) is 9.10 Å². The fourth-order valence-corrected chi connectivity index (χ4v) is 5.06. The molecule has 0 aromatic heterocycles. The Balaban J connectivity index is 1.85. The fraction of sp³-hybridized carbons (Fsp3) is 0.250. The number of rotatable bonds is 13. The van der Waals surface area contributed by atoms with E-state index in [1.54, 1.807) is 18.2 Å². The van der Waals surface area contributed by atoms with Crippen molar-refractivity contribution in [1.82, 2.24) is 5.43 Å². The Bertz CT molecular complexity index is 1530. The molecule has 13 nitrogen and oxygen atoms in total. The second kappa shape index (κ2) is 14.6. The normalized spacial score (nSPS) is 11.0. The number of methoxy groups -OCH3 is 4. The molecule has 0 aliphatic carbocycles. The predicted octanol–water partition coefficient (Wildman–Crippen LogP) is 3.60. The third-order valence-corrected chi connectivity index (χ3v) is 7.39. The molecule has 3 aromatic rings. The van der Waals surface area contributed by atoms with Crippen molar-refractivity contribution in [3.05, 3.63) is 66.2 Å². The van der Waals surface area contributed by atoms with Gasteiger partial charge in [0.15, 0.2) is 23.0 Å². The lowest BCUT2D eigenvalue weighted by atomic mass is 10.2. The van der Waals surface area contributed by atoms with E-state index in [2.05, 4.69) is 15.3 Å². The van der Waals surface area contributed by atoms with E-state index >= 15 is 0 Å². The average molecular weight is 602 g/mol. The van der Waals surface area contributed by atoms with Gasteiger partial charge in [-0.25, -0.2) is 18.6 Å². The maximum atomic E-state index is 13.8. The van der Waals surface area contributed by atoms with E-state index in [-0.39, 0.29) is 27.8 Å². The van der Waals surface area contributed by atoms with Crippen molar-refractivity contribution >= 4 is 34.0 Å². The minimum absolute atomic E-state index is 0.119. The number of hydrogen-bond acceptors (Lipinski definition) is 11. The highest BCUT2D eigenvalue weighted by Crippen LogP contribution is 2.33. The van der Waals surface area contributed by atoms with Crippen molar-refractivity contribution in [2.45, 2.75) is 11.8 Å². The highest BCUT2D eigenvalue weighted by Gasteiger charge is 2.28. The molecule has 0 spiro atoms. The molecule has 3 rings (SSSR count). The summed E-state index contributed by atoms with van der Waals surface area (Å²) in [6, 6.07) is 14.9. The maximum Gasteiger partial charge on any atom is 0.513 e. The molecule has 0 bridgehead atoms. The van der Waals surface area contributed by atoms with Gasteiger partial charge in [0.2, 0.25) is 0 Å². The number of carbonyl (C=O) groups is 2. The van der Waals surface area contributed by atoms with E-state index in [0.717, 1.165) is 4.31 Å². The van der Waals surface area contributed by atoms with Gasteiger partial charge in [0.25, 0.3) is 15.9 Å². The summed E-state index contributed by atoms with van der Waals surface area (Å²) in [6.07, 6.45) is 0.397. The van der Waals surface area contributed by atoms with Crippen molar-refractivity contribution in [3.63, 3.8) is 0 Å². The van der Waals surface area contributed by atoms with Crippen LogP contribution in [0.5, 0.6) is 28.7 Å². The van der Waals surface area contributed by atoms with Crippen molar-refractivity contribution in [3.8, 4) is 28.7 Å². The summed E-state index contributed by atoms with van der Waals surface area (Å²) in [4.78, 5) is 24.2. The van der Waals surface area contributed by atoms with Gasteiger partial charge in [0.05, 0.1) is 51.8 Å². The summed E-state index contributed by atoms with van der Waals surface area (Å²) in [7, 11) is 1.12. The van der Waals surface area contributed by atoms with Gasteiger partial charge >= 0.3 is 6.16 Å². The van der Waals surface area contributed by atoms with E-state index < -0.39 is 28.6 Å². The number of ether oxygens (including phenoxy) is 6. The van der Waals surface area contributed by atoms with E-state index in [1.165, 1.54) is 77.1 Å². The van der Waals surface area contributed by atoms with E-state index in [0.29, 0.717) is 23.7 Å². The number of anilines is 1. The van der Waals surface area contributed by atoms with Gasteiger partial charge in [-0.1, -0.05) is 0 Å². The molecule has 0 atom stereocenters. The summed E-state index contributed by atoms with van der Waals surface area (Å²) >= 11 is 0. The molecular formula is C28H31N3O10S. The molecule has 14 heteroatoms. The maximum absolute atomic E-state index is 13.8.